The van der Waals surface area contributed by atoms with Crippen molar-refractivity contribution in [1.82, 2.24) is 5.32 Å². The lowest BCUT2D eigenvalue weighted by Gasteiger charge is -2.30. The Balaban J connectivity index is 2.18. The highest BCUT2D eigenvalue weighted by Crippen LogP contribution is 2.36. The summed E-state index contributed by atoms with van der Waals surface area (Å²) in [5.41, 5.74) is 2.24. The lowest BCUT2D eigenvalue weighted by molar-refractivity contribution is 0.220. The number of benzene rings is 1. The van der Waals surface area contributed by atoms with Crippen LogP contribution >= 0.6 is 0 Å². The molecule has 0 saturated carbocycles. The van der Waals surface area contributed by atoms with E-state index in [4.69, 9.17) is 0 Å². The molecule has 1 aliphatic rings. The van der Waals surface area contributed by atoms with Gasteiger partial charge in [0.1, 0.15) is 5.82 Å². The molecule has 1 aromatic carbocycles. The summed E-state index contributed by atoms with van der Waals surface area (Å²) in [5.74, 6) is 0.655. The van der Waals surface area contributed by atoms with Crippen molar-refractivity contribution < 1.29 is 4.39 Å². The van der Waals surface area contributed by atoms with Crippen LogP contribution < -0.4 is 10.2 Å². The van der Waals surface area contributed by atoms with E-state index in [0.717, 1.165) is 30.3 Å². The van der Waals surface area contributed by atoms with Gasteiger partial charge < -0.3 is 10.2 Å². The van der Waals surface area contributed by atoms with Gasteiger partial charge >= 0.3 is 0 Å². The molecule has 2 nitrogen and oxygen atoms in total. The van der Waals surface area contributed by atoms with Gasteiger partial charge in [0, 0.05) is 30.9 Å². The van der Waals surface area contributed by atoms with E-state index < -0.39 is 0 Å². The maximum absolute atomic E-state index is 14.1. The van der Waals surface area contributed by atoms with Crippen molar-refractivity contribution in [1.29, 1.82) is 0 Å². The van der Waals surface area contributed by atoms with Crippen LogP contribution in [0.2, 0.25) is 0 Å². The summed E-state index contributed by atoms with van der Waals surface area (Å²) in [7, 11) is 1.87. The minimum atomic E-state index is -0.0986. The normalized spacial score (nSPS) is 20.4. The largest absolute Gasteiger partial charge is 0.371 e. The van der Waals surface area contributed by atoms with Crippen molar-refractivity contribution in [2.75, 3.05) is 25.0 Å². The predicted octanol–water partition coefficient (Wildman–Crippen LogP) is 4.20. The summed E-state index contributed by atoms with van der Waals surface area (Å²) >= 11 is 0. The molecule has 1 aromatic rings. The van der Waals surface area contributed by atoms with Crippen molar-refractivity contribution in [3.63, 3.8) is 0 Å². The third-order valence-electron chi connectivity index (χ3n) is 4.74. The molecule has 118 valence electrons. The Bertz CT molecular complexity index is 465. The average molecular weight is 292 g/mol. The summed E-state index contributed by atoms with van der Waals surface area (Å²) in [4.78, 5) is 2.38. The van der Waals surface area contributed by atoms with Gasteiger partial charge in [-0.2, -0.15) is 0 Å². The maximum atomic E-state index is 14.1. The third-order valence-corrected chi connectivity index (χ3v) is 4.74. The van der Waals surface area contributed by atoms with Crippen molar-refractivity contribution >= 4 is 5.69 Å². The molecule has 1 saturated heterocycles. The molecular formula is C18H29FN2. The fourth-order valence-electron chi connectivity index (χ4n) is 3.40. The topological polar surface area (TPSA) is 15.3 Å². The summed E-state index contributed by atoms with van der Waals surface area (Å²) < 4.78 is 14.1. The van der Waals surface area contributed by atoms with E-state index in [1.54, 1.807) is 6.07 Å². The highest BCUT2D eigenvalue weighted by atomic mass is 19.1. The SMILES string of the molecule is CNCc1c(F)cccc1N1CCCC(C(C)(C)C)CC1. The first-order valence-electron chi connectivity index (χ1n) is 8.10. The number of rotatable bonds is 3. The molecule has 0 amide bonds. The van der Waals surface area contributed by atoms with E-state index >= 15 is 0 Å². The number of halogens is 1. The van der Waals surface area contributed by atoms with Gasteiger partial charge in [0.15, 0.2) is 0 Å². The Morgan fingerprint density at radius 1 is 1.24 bits per heavy atom. The van der Waals surface area contributed by atoms with Crippen molar-refractivity contribution in [3.8, 4) is 0 Å². The Kier molecular flexibility index (Phi) is 5.26. The first kappa shape index (κ1) is 16.3. The number of nitrogens with zero attached hydrogens (tertiary/aromatic N) is 1. The second kappa shape index (κ2) is 6.78. The van der Waals surface area contributed by atoms with E-state index in [-0.39, 0.29) is 5.82 Å². The van der Waals surface area contributed by atoms with Crippen LogP contribution in [0, 0.1) is 17.2 Å². The smallest absolute Gasteiger partial charge is 0.129 e. The third kappa shape index (κ3) is 3.97. The molecule has 1 aliphatic heterocycles. The van der Waals surface area contributed by atoms with Gasteiger partial charge in [-0.15, -0.1) is 0 Å². The van der Waals surface area contributed by atoms with Crippen molar-refractivity contribution in [3.05, 3.63) is 29.6 Å². The highest BCUT2D eigenvalue weighted by Gasteiger charge is 2.27. The van der Waals surface area contributed by atoms with Gasteiger partial charge in [0.25, 0.3) is 0 Å². The van der Waals surface area contributed by atoms with Crippen LogP contribution in [0.15, 0.2) is 18.2 Å². The monoisotopic (exact) mass is 292 g/mol. The molecule has 2 rings (SSSR count). The van der Waals surface area contributed by atoms with Crippen LogP contribution in [0.25, 0.3) is 0 Å². The van der Waals surface area contributed by atoms with Gasteiger partial charge in [-0.25, -0.2) is 4.39 Å². The van der Waals surface area contributed by atoms with Gasteiger partial charge in [0.05, 0.1) is 0 Å². The molecule has 1 N–H and O–H groups in total. The fourth-order valence-corrected chi connectivity index (χ4v) is 3.40. The quantitative estimate of drug-likeness (QED) is 0.898. The number of nitrogens with one attached hydrogen (secondary N) is 1. The van der Waals surface area contributed by atoms with Crippen LogP contribution in [0.4, 0.5) is 10.1 Å². The number of hydrogen-bond donors (Lipinski definition) is 1. The second-order valence-electron chi connectivity index (χ2n) is 7.25. The van der Waals surface area contributed by atoms with Crippen LogP contribution in [-0.4, -0.2) is 20.1 Å². The highest BCUT2D eigenvalue weighted by molar-refractivity contribution is 5.54. The van der Waals surface area contributed by atoms with Crippen LogP contribution in [0.3, 0.4) is 0 Å². The Morgan fingerprint density at radius 3 is 2.67 bits per heavy atom. The predicted molar refractivity (Wildman–Crippen MR) is 88.2 cm³/mol. The molecule has 1 heterocycles. The zero-order valence-corrected chi connectivity index (χ0v) is 13.9. The first-order chi connectivity index (χ1) is 9.93. The number of hydrogen-bond acceptors (Lipinski definition) is 2. The standard InChI is InChI=1S/C18H29FN2/c1-18(2,3)14-7-6-11-21(12-10-14)17-9-5-8-16(19)15(17)13-20-4/h5,8-9,14,20H,6-7,10-13H2,1-4H3. The lowest BCUT2D eigenvalue weighted by atomic mass is 9.77. The second-order valence-corrected chi connectivity index (χ2v) is 7.25. The molecule has 21 heavy (non-hydrogen) atoms. The molecule has 1 unspecified atom stereocenters. The van der Waals surface area contributed by atoms with Crippen LogP contribution in [0.5, 0.6) is 0 Å². The first-order valence-corrected chi connectivity index (χ1v) is 8.10. The number of anilines is 1. The Hall–Kier alpha value is -1.09. The maximum Gasteiger partial charge on any atom is 0.129 e. The molecule has 1 fully saturated rings. The lowest BCUT2D eigenvalue weighted by Crippen LogP contribution is -2.27. The van der Waals surface area contributed by atoms with Crippen molar-refractivity contribution in [2.45, 2.75) is 46.6 Å². The fraction of sp³-hybridized carbons (Fsp3) is 0.667. The van der Waals surface area contributed by atoms with E-state index in [1.807, 2.05) is 13.1 Å². The van der Waals surface area contributed by atoms with Crippen LogP contribution in [0.1, 0.15) is 45.6 Å². The Morgan fingerprint density at radius 2 is 2.00 bits per heavy atom. The van der Waals surface area contributed by atoms with Gasteiger partial charge in [-0.3, -0.25) is 0 Å². The van der Waals surface area contributed by atoms with E-state index in [9.17, 15) is 4.39 Å². The van der Waals surface area contributed by atoms with Crippen molar-refractivity contribution in [2.24, 2.45) is 11.3 Å². The minimum absolute atomic E-state index is 0.0986. The zero-order chi connectivity index (χ0) is 15.5. The summed E-state index contributed by atoms with van der Waals surface area (Å²) in [5, 5.41) is 3.09. The molecule has 0 bridgehead atoms. The zero-order valence-electron chi connectivity index (χ0n) is 13.9. The average Bonchev–Trinajstić information content (AvgIpc) is 2.66. The molecule has 0 aromatic heterocycles. The summed E-state index contributed by atoms with van der Waals surface area (Å²) in [6, 6.07) is 5.45. The van der Waals surface area contributed by atoms with E-state index in [0.29, 0.717) is 12.0 Å². The minimum Gasteiger partial charge on any atom is -0.371 e. The molecule has 0 aliphatic carbocycles. The van der Waals surface area contributed by atoms with Gasteiger partial charge in [-0.1, -0.05) is 26.8 Å². The van der Waals surface area contributed by atoms with E-state index in [2.05, 4.69) is 37.1 Å². The summed E-state index contributed by atoms with van der Waals surface area (Å²) in [6.07, 6.45) is 3.66. The molecule has 0 radical (unpaired) electrons. The molecular weight excluding hydrogens is 263 g/mol. The summed E-state index contributed by atoms with van der Waals surface area (Å²) in [6.45, 7) is 9.65. The molecule has 1 atom stereocenters. The van der Waals surface area contributed by atoms with E-state index in [1.165, 1.54) is 19.3 Å². The van der Waals surface area contributed by atoms with Gasteiger partial charge in [-0.05, 0) is 49.8 Å². The van der Waals surface area contributed by atoms with Crippen LogP contribution in [-0.2, 0) is 6.54 Å². The van der Waals surface area contributed by atoms with Gasteiger partial charge in [0.2, 0.25) is 0 Å². The molecule has 3 heteroatoms. The Labute approximate surface area is 128 Å². The molecule has 0 spiro atoms.